The average Bonchev–Trinajstić information content (AvgIpc) is 2.79. The first kappa shape index (κ1) is 12.4. The van der Waals surface area contributed by atoms with Gasteiger partial charge in [-0.2, -0.15) is 0 Å². The second-order valence-corrected chi connectivity index (χ2v) is 5.41. The van der Waals surface area contributed by atoms with E-state index in [4.69, 9.17) is 4.98 Å². The van der Waals surface area contributed by atoms with Crippen molar-refractivity contribution in [3.8, 4) is 11.3 Å². The fourth-order valence-electron chi connectivity index (χ4n) is 2.91. The van der Waals surface area contributed by atoms with Gasteiger partial charge in [0.05, 0.1) is 18.0 Å². The molecule has 3 nitrogen and oxygen atoms in total. The number of hydrogen-bond donors (Lipinski definition) is 1. The van der Waals surface area contributed by atoms with Crippen LogP contribution in [0.1, 0.15) is 35.5 Å². The van der Waals surface area contributed by atoms with E-state index in [-0.39, 0.29) is 6.61 Å². The molecule has 0 amide bonds. The van der Waals surface area contributed by atoms with Crippen LogP contribution in [0.2, 0.25) is 0 Å². The smallest absolute Gasteiger partial charge is 0.109 e. The fourth-order valence-corrected chi connectivity index (χ4v) is 2.91. The molecule has 3 rings (SSSR count). The lowest BCUT2D eigenvalue weighted by Crippen LogP contribution is -2.13. The number of hydrogen-bond acceptors (Lipinski definition) is 2. The molecular formula is C16H20N2O. The van der Waals surface area contributed by atoms with Crippen molar-refractivity contribution in [2.24, 2.45) is 0 Å². The van der Waals surface area contributed by atoms with E-state index in [1.165, 1.54) is 24.0 Å². The van der Waals surface area contributed by atoms with Crippen LogP contribution in [0.4, 0.5) is 0 Å². The van der Waals surface area contributed by atoms with Gasteiger partial charge in [-0.05, 0) is 38.3 Å². The summed E-state index contributed by atoms with van der Waals surface area (Å²) in [4.78, 5) is 4.80. The number of aryl methyl sites for hydroxylation is 3. The second-order valence-electron chi connectivity index (χ2n) is 5.41. The normalized spacial score (nSPS) is 14.5. The molecule has 1 N–H and O–H groups in total. The Bertz CT molecular complexity index is 613. The molecule has 3 heteroatoms. The average molecular weight is 256 g/mol. The number of rotatable bonds is 2. The Hall–Kier alpha value is -1.61. The molecule has 0 unspecified atom stereocenters. The minimum atomic E-state index is 0.0652. The van der Waals surface area contributed by atoms with Gasteiger partial charge in [0.25, 0.3) is 0 Å². The van der Waals surface area contributed by atoms with Crippen molar-refractivity contribution in [1.82, 2.24) is 9.55 Å². The third-order valence-corrected chi connectivity index (χ3v) is 3.98. The summed E-state index contributed by atoms with van der Waals surface area (Å²) >= 11 is 0. The third kappa shape index (κ3) is 2.08. The molecule has 19 heavy (non-hydrogen) atoms. The Labute approximate surface area is 113 Å². The molecule has 100 valence electrons. The summed E-state index contributed by atoms with van der Waals surface area (Å²) in [6, 6.07) is 6.42. The van der Waals surface area contributed by atoms with E-state index in [0.717, 1.165) is 35.7 Å². The van der Waals surface area contributed by atoms with Crippen molar-refractivity contribution in [2.75, 3.05) is 0 Å². The van der Waals surface area contributed by atoms with Gasteiger partial charge in [0, 0.05) is 18.5 Å². The van der Waals surface area contributed by atoms with Crippen LogP contribution >= 0.6 is 0 Å². The summed E-state index contributed by atoms with van der Waals surface area (Å²) in [7, 11) is 0. The maximum Gasteiger partial charge on any atom is 0.109 e. The molecule has 1 aromatic heterocycles. The fraction of sp³-hybridized carbons (Fsp3) is 0.438. The molecule has 0 saturated heterocycles. The SMILES string of the molecule is Cc1ccc(C)c(-c2nc3n(c2CO)CCCC3)c1. The van der Waals surface area contributed by atoms with Crippen LogP contribution in [-0.4, -0.2) is 14.7 Å². The van der Waals surface area contributed by atoms with E-state index in [2.05, 4.69) is 36.6 Å². The second kappa shape index (κ2) is 4.82. The molecule has 1 aliphatic heterocycles. The van der Waals surface area contributed by atoms with Crippen molar-refractivity contribution in [1.29, 1.82) is 0 Å². The number of aliphatic hydroxyl groups excluding tert-OH is 1. The maximum absolute atomic E-state index is 9.72. The molecule has 0 spiro atoms. The highest BCUT2D eigenvalue weighted by molar-refractivity contribution is 5.67. The largest absolute Gasteiger partial charge is 0.390 e. The molecule has 2 aromatic rings. The van der Waals surface area contributed by atoms with Crippen LogP contribution < -0.4 is 0 Å². The topological polar surface area (TPSA) is 38.0 Å². The van der Waals surface area contributed by atoms with E-state index >= 15 is 0 Å². The lowest BCUT2D eigenvalue weighted by molar-refractivity contribution is 0.268. The third-order valence-electron chi connectivity index (χ3n) is 3.98. The zero-order valence-electron chi connectivity index (χ0n) is 11.6. The van der Waals surface area contributed by atoms with Crippen molar-refractivity contribution in [2.45, 2.75) is 46.3 Å². The highest BCUT2D eigenvalue weighted by atomic mass is 16.3. The molecule has 0 saturated carbocycles. The van der Waals surface area contributed by atoms with E-state index in [1.807, 2.05) is 0 Å². The van der Waals surface area contributed by atoms with Crippen LogP contribution in [0.15, 0.2) is 18.2 Å². The summed E-state index contributed by atoms with van der Waals surface area (Å²) in [6.45, 7) is 5.25. The van der Waals surface area contributed by atoms with Crippen molar-refractivity contribution < 1.29 is 5.11 Å². The van der Waals surface area contributed by atoms with Gasteiger partial charge in [-0.1, -0.05) is 17.7 Å². The Morgan fingerprint density at radius 1 is 1.26 bits per heavy atom. The minimum absolute atomic E-state index is 0.0652. The summed E-state index contributed by atoms with van der Waals surface area (Å²) in [5.41, 5.74) is 5.56. The Morgan fingerprint density at radius 2 is 2.11 bits per heavy atom. The van der Waals surface area contributed by atoms with Crippen LogP contribution in [0.5, 0.6) is 0 Å². The first-order valence-electron chi connectivity index (χ1n) is 6.97. The van der Waals surface area contributed by atoms with Gasteiger partial charge in [0.15, 0.2) is 0 Å². The highest BCUT2D eigenvalue weighted by Crippen LogP contribution is 2.30. The molecule has 1 aliphatic rings. The van der Waals surface area contributed by atoms with Gasteiger partial charge in [-0.3, -0.25) is 0 Å². The van der Waals surface area contributed by atoms with Crippen LogP contribution in [-0.2, 0) is 19.6 Å². The van der Waals surface area contributed by atoms with E-state index in [0.29, 0.717) is 0 Å². The summed E-state index contributed by atoms with van der Waals surface area (Å²) < 4.78 is 2.21. The molecule has 0 fully saturated rings. The van der Waals surface area contributed by atoms with Gasteiger partial charge < -0.3 is 9.67 Å². The van der Waals surface area contributed by atoms with Crippen LogP contribution in [0.3, 0.4) is 0 Å². The van der Waals surface area contributed by atoms with Crippen molar-refractivity contribution >= 4 is 0 Å². The van der Waals surface area contributed by atoms with E-state index in [9.17, 15) is 5.11 Å². The lowest BCUT2D eigenvalue weighted by Gasteiger charge is -2.15. The van der Waals surface area contributed by atoms with Crippen molar-refractivity contribution in [3.63, 3.8) is 0 Å². The van der Waals surface area contributed by atoms with Crippen molar-refractivity contribution in [3.05, 3.63) is 40.8 Å². The molecule has 2 heterocycles. The standard InChI is InChI=1S/C16H20N2O/c1-11-6-7-12(2)13(9-11)16-14(10-19)18-8-4-3-5-15(18)17-16/h6-7,9,19H,3-5,8,10H2,1-2H3. The molecule has 0 bridgehead atoms. The number of imidazole rings is 1. The van der Waals surface area contributed by atoms with Gasteiger partial charge in [0.2, 0.25) is 0 Å². The van der Waals surface area contributed by atoms with E-state index in [1.54, 1.807) is 0 Å². The zero-order valence-corrected chi connectivity index (χ0v) is 11.6. The molecule has 0 atom stereocenters. The Morgan fingerprint density at radius 3 is 2.89 bits per heavy atom. The highest BCUT2D eigenvalue weighted by Gasteiger charge is 2.20. The molecule has 1 aromatic carbocycles. The monoisotopic (exact) mass is 256 g/mol. The van der Waals surface area contributed by atoms with Gasteiger partial charge in [-0.15, -0.1) is 0 Å². The number of benzene rings is 1. The van der Waals surface area contributed by atoms with Crippen LogP contribution in [0, 0.1) is 13.8 Å². The maximum atomic E-state index is 9.72. The minimum Gasteiger partial charge on any atom is -0.390 e. The lowest BCUT2D eigenvalue weighted by atomic mass is 10.0. The van der Waals surface area contributed by atoms with Gasteiger partial charge in [-0.25, -0.2) is 4.98 Å². The van der Waals surface area contributed by atoms with Gasteiger partial charge in [0.1, 0.15) is 5.82 Å². The first-order chi connectivity index (χ1) is 9.20. The quantitative estimate of drug-likeness (QED) is 0.897. The van der Waals surface area contributed by atoms with Gasteiger partial charge >= 0.3 is 0 Å². The Kier molecular flexibility index (Phi) is 3.15. The van der Waals surface area contributed by atoms with E-state index < -0.39 is 0 Å². The summed E-state index contributed by atoms with van der Waals surface area (Å²) in [6.07, 6.45) is 3.41. The van der Waals surface area contributed by atoms with Crippen LogP contribution in [0.25, 0.3) is 11.3 Å². The molecular weight excluding hydrogens is 236 g/mol. The summed E-state index contributed by atoms with van der Waals surface area (Å²) in [5, 5.41) is 9.72. The predicted octanol–water partition coefficient (Wildman–Crippen LogP) is 3.00. The Balaban J connectivity index is 2.19. The zero-order chi connectivity index (χ0) is 13.4. The first-order valence-corrected chi connectivity index (χ1v) is 6.97. The summed E-state index contributed by atoms with van der Waals surface area (Å²) in [5.74, 6) is 1.13. The predicted molar refractivity (Wildman–Crippen MR) is 76.0 cm³/mol. The number of nitrogens with zero attached hydrogens (tertiary/aromatic N) is 2. The number of aromatic nitrogens is 2. The molecule has 0 aliphatic carbocycles. The molecule has 0 radical (unpaired) electrons. The number of aliphatic hydroxyl groups is 1. The number of fused-ring (bicyclic) bond motifs is 1.